The Balaban J connectivity index is 1.39. The van der Waals surface area contributed by atoms with Gasteiger partial charge in [-0.1, -0.05) is 71.7 Å². The fourth-order valence-electron chi connectivity index (χ4n) is 7.28. The number of carbonyl (C=O) groups is 4. The molecule has 0 unspecified atom stereocenters. The maximum Gasteiger partial charge on any atom is 0.273 e. The van der Waals surface area contributed by atoms with E-state index in [1.807, 2.05) is 48.5 Å². The Hall–Kier alpha value is -4.04. The molecular weight excluding hydrogens is 638 g/mol. The highest BCUT2D eigenvalue weighted by Crippen LogP contribution is 2.61. The molecule has 0 N–H and O–H groups in total. The molecule has 226 valence electrons. The SMILES string of the molecule is O=C(c1ccc(F)cc1)[C@@H](CCCl)N(C(=O)c1ccc(Cl)c(Cl)c1)N1C(=O)[C@@H]2C3c4ccccc4C(c4ccccc43)[C@@H]2C1=O. The lowest BCUT2D eigenvalue weighted by Crippen LogP contribution is -2.57. The van der Waals surface area contributed by atoms with Crippen molar-refractivity contribution < 1.29 is 23.6 Å². The van der Waals surface area contributed by atoms with Crippen LogP contribution in [-0.2, 0) is 9.59 Å². The second-order valence-corrected chi connectivity index (χ2v) is 12.6. The van der Waals surface area contributed by atoms with Crippen molar-refractivity contribution in [1.29, 1.82) is 0 Å². The first kappa shape index (κ1) is 29.7. The second kappa shape index (κ2) is 11.4. The average Bonchev–Trinajstić information content (AvgIpc) is 3.31. The molecule has 1 saturated heterocycles. The standard InChI is InChI=1S/C35H24Cl3FN2O4/c36-16-15-27(32(42)18-9-12-20(39)13-10-18)40(33(43)19-11-14-25(37)26(38)17-19)41-34(44)30-28-21-5-1-2-6-22(21)29(31(30)35(41)45)24-8-4-3-7-23(24)28/h1-14,17,27-31H,15-16H2/t27-,28?,29?,30-,31+/m1/s1. The molecule has 45 heavy (non-hydrogen) atoms. The Labute approximate surface area is 273 Å². The molecule has 0 radical (unpaired) electrons. The molecule has 3 amide bonds. The maximum absolute atomic E-state index is 14.6. The van der Waals surface area contributed by atoms with Crippen LogP contribution in [0.4, 0.5) is 4.39 Å². The number of ketones is 1. The molecule has 0 spiro atoms. The van der Waals surface area contributed by atoms with Crippen LogP contribution in [0.25, 0.3) is 0 Å². The van der Waals surface area contributed by atoms with Crippen LogP contribution >= 0.6 is 34.8 Å². The number of benzene rings is 4. The van der Waals surface area contributed by atoms with Crippen LogP contribution in [0.1, 0.15) is 61.2 Å². The summed E-state index contributed by atoms with van der Waals surface area (Å²) in [5.74, 6) is -5.63. The van der Waals surface area contributed by atoms with Gasteiger partial charge in [-0.05, 0) is 71.1 Å². The van der Waals surface area contributed by atoms with Crippen molar-refractivity contribution in [3.63, 3.8) is 0 Å². The first-order valence-electron chi connectivity index (χ1n) is 14.4. The van der Waals surface area contributed by atoms with Gasteiger partial charge in [0.25, 0.3) is 17.7 Å². The molecule has 4 aromatic rings. The summed E-state index contributed by atoms with van der Waals surface area (Å²) in [6.45, 7) is 0. The zero-order chi connectivity index (χ0) is 31.6. The van der Waals surface area contributed by atoms with Gasteiger partial charge in [-0.3, -0.25) is 19.2 Å². The zero-order valence-corrected chi connectivity index (χ0v) is 25.8. The van der Waals surface area contributed by atoms with Gasteiger partial charge in [0.2, 0.25) is 0 Å². The molecular formula is C35H24Cl3FN2O4. The summed E-state index contributed by atoms with van der Waals surface area (Å²) in [5, 5.41) is 2.07. The minimum absolute atomic E-state index is 0.0147. The fourth-order valence-corrected chi connectivity index (χ4v) is 7.79. The molecule has 2 bridgehead atoms. The summed E-state index contributed by atoms with van der Waals surface area (Å²) in [6, 6.07) is 23.2. The number of hydrazine groups is 1. The minimum atomic E-state index is -1.37. The van der Waals surface area contributed by atoms with E-state index in [0.29, 0.717) is 0 Å². The van der Waals surface area contributed by atoms with Crippen molar-refractivity contribution >= 4 is 58.3 Å². The number of carbonyl (C=O) groups excluding carboxylic acids is 4. The molecule has 6 nitrogen and oxygen atoms in total. The van der Waals surface area contributed by atoms with Crippen LogP contribution in [0, 0.1) is 17.7 Å². The second-order valence-electron chi connectivity index (χ2n) is 11.4. The van der Waals surface area contributed by atoms with Crippen LogP contribution in [0.2, 0.25) is 10.0 Å². The lowest BCUT2D eigenvalue weighted by atomic mass is 9.55. The van der Waals surface area contributed by atoms with Crippen LogP contribution in [0.3, 0.4) is 0 Å². The molecule has 1 fully saturated rings. The van der Waals surface area contributed by atoms with E-state index in [0.717, 1.165) is 44.4 Å². The number of nitrogens with zero attached hydrogens (tertiary/aromatic N) is 2. The van der Waals surface area contributed by atoms with Gasteiger partial charge in [-0.15, -0.1) is 11.6 Å². The predicted octanol–water partition coefficient (Wildman–Crippen LogP) is 7.26. The number of rotatable bonds is 7. The van der Waals surface area contributed by atoms with Crippen molar-refractivity contribution in [3.8, 4) is 0 Å². The third-order valence-corrected chi connectivity index (χ3v) is 10.1. The van der Waals surface area contributed by atoms with Crippen molar-refractivity contribution in [1.82, 2.24) is 10.0 Å². The van der Waals surface area contributed by atoms with Crippen molar-refractivity contribution in [3.05, 3.63) is 140 Å². The Kier molecular flexibility index (Phi) is 7.51. The summed E-state index contributed by atoms with van der Waals surface area (Å²) >= 11 is 18.6. The number of amides is 3. The Morgan fingerprint density at radius 2 is 1.22 bits per heavy atom. The van der Waals surface area contributed by atoms with E-state index >= 15 is 0 Å². The zero-order valence-electron chi connectivity index (χ0n) is 23.5. The summed E-state index contributed by atoms with van der Waals surface area (Å²) in [4.78, 5) is 57.8. The molecule has 1 aliphatic heterocycles. The van der Waals surface area contributed by atoms with E-state index in [1.54, 1.807) is 0 Å². The van der Waals surface area contributed by atoms with E-state index in [1.165, 1.54) is 30.3 Å². The number of hydrogen-bond acceptors (Lipinski definition) is 4. The Morgan fingerprint density at radius 3 is 1.69 bits per heavy atom. The van der Waals surface area contributed by atoms with Crippen LogP contribution in [-0.4, -0.2) is 45.4 Å². The van der Waals surface area contributed by atoms with E-state index in [2.05, 4.69) is 0 Å². The van der Waals surface area contributed by atoms with E-state index in [4.69, 9.17) is 34.8 Å². The highest BCUT2D eigenvalue weighted by Gasteiger charge is 2.63. The first-order valence-corrected chi connectivity index (χ1v) is 15.7. The number of Topliss-reactive ketones (excluding diaryl/α,β-unsaturated/α-hetero) is 1. The highest BCUT2D eigenvalue weighted by atomic mass is 35.5. The number of hydrogen-bond donors (Lipinski definition) is 0. The normalized spacial score (nSPS) is 21.6. The Morgan fingerprint density at radius 1 is 0.733 bits per heavy atom. The third-order valence-electron chi connectivity index (χ3n) is 9.12. The topological polar surface area (TPSA) is 74.8 Å². The van der Waals surface area contributed by atoms with E-state index < -0.39 is 59.0 Å². The molecule has 8 rings (SSSR count). The molecule has 0 saturated carbocycles. The van der Waals surface area contributed by atoms with Gasteiger partial charge >= 0.3 is 0 Å². The molecule has 0 aromatic heterocycles. The molecule has 10 heteroatoms. The maximum atomic E-state index is 14.6. The minimum Gasteiger partial charge on any atom is -0.292 e. The van der Waals surface area contributed by atoms with Gasteiger partial charge in [-0.25, -0.2) is 9.40 Å². The van der Waals surface area contributed by atoms with Crippen molar-refractivity contribution in [2.45, 2.75) is 24.3 Å². The molecule has 4 aromatic carbocycles. The predicted molar refractivity (Wildman–Crippen MR) is 168 cm³/mol. The molecule has 4 aliphatic rings. The number of imide groups is 1. The quantitative estimate of drug-likeness (QED) is 0.119. The summed E-state index contributed by atoms with van der Waals surface area (Å²) < 4.78 is 13.8. The third kappa shape index (κ3) is 4.59. The van der Waals surface area contributed by atoms with Gasteiger partial charge in [-0.2, -0.15) is 5.01 Å². The van der Waals surface area contributed by atoms with Crippen LogP contribution in [0.15, 0.2) is 91.0 Å². The lowest BCUT2D eigenvalue weighted by molar-refractivity contribution is -0.156. The van der Waals surface area contributed by atoms with Gasteiger partial charge in [0.15, 0.2) is 5.78 Å². The summed E-state index contributed by atoms with van der Waals surface area (Å²) in [6.07, 6.45) is -0.0927. The van der Waals surface area contributed by atoms with Crippen LogP contribution in [0.5, 0.6) is 0 Å². The van der Waals surface area contributed by atoms with Gasteiger partial charge in [0.05, 0.1) is 21.9 Å². The number of alkyl halides is 1. The number of halogens is 4. The fraction of sp³-hybridized carbons (Fsp3) is 0.200. The van der Waals surface area contributed by atoms with Crippen molar-refractivity contribution in [2.75, 3.05) is 5.88 Å². The summed E-state index contributed by atoms with van der Waals surface area (Å²) in [7, 11) is 0. The van der Waals surface area contributed by atoms with E-state index in [-0.39, 0.29) is 33.5 Å². The van der Waals surface area contributed by atoms with E-state index in [9.17, 15) is 23.6 Å². The van der Waals surface area contributed by atoms with Crippen molar-refractivity contribution in [2.24, 2.45) is 11.8 Å². The highest BCUT2D eigenvalue weighted by molar-refractivity contribution is 6.42. The van der Waals surface area contributed by atoms with Crippen LogP contribution < -0.4 is 0 Å². The molecule has 1 heterocycles. The largest absolute Gasteiger partial charge is 0.292 e. The summed E-state index contributed by atoms with van der Waals surface area (Å²) in [5.41, 5.74) is 3.97. The van der Waals surface area contributed by atoms with Gasteiger partial charge in [0, 0.05) is 28.8 Å². The Bertz CT molecular complexity index is 1780. The molecule has 3 aliphatic carbocycles. The van der Waals surface area contributed by atoms with Gasteiger partial charge in [0.1, 0.15) is 11.9 Å². The average molecular weight is 662 g/mol. The lowest BCUT2D eigenvalue weighted by Gasteiger charge is -2.45. The van der Waals surface area contributed by atoms with Gasteiger partial charge < -0.3 is 0 Å². The smallest absolute Gasteiger partial charge is 0.273 e. The molecule has 3 atom stereocenters. The first-order chi connectivity index (χ1) is 21.7. The monoisotopic (exact) mass is 660 g/mol.